The summed E-state index contributed by atoms with van der Waals surface area (Å²) in [4.78, 5) is 32.3. The van der Waals surface area contributed by atoms with Gasteiger partial charge in [0, 0.05) is 19.3 Å². The number of hydrogen-bond acceptors (Lipinski definition) is 4. The number of thiazole rings is 1. The number of carbonyl (C=O) groups is 1. The fourth-order valence-corrected chi connectivity index (χ4v) is 3.22. The highest BCUT2D eigenvalue weighted by atomic mass is 32.1. The summed E-state index contributed by atoms with van der Waals surface area (Å²) in [6, 6.07) is 10.7. The molecule has 1 aromatic carbocycles. The van der Waals surface area contributed by atoms with Gasteiger partial charge in [-0.05, 0) is 25.1 Å². The van der Waals surface area contributed by atoms with Crippen LogP contribution >= 0.6 is 11.3 Å². The highest BCUT2D eigenvalue weighted by Gasteiger charge is 2.21. The van der Waals surface area contributed by atoms with E-state index in [2.05, 4.69) is 9.97 Å². The molecule has 1 unspecified atom stereocenters. The second kappa shape index (κ2) is 5.73. The van der Waals surface area contributed by atoms with Crippen molar-refractivity contribution in [3.8, 4) is 0 Å². The Balaban J connectivity index is 1.87. The normalized spacial score (nSPS) is 12.3. The zero-order valence-corrected chi connectivity index (χ0v) is 13.1. The van der Waals surface area contributed by atoms with Gasteiger partial charge in [0.2, 0.25) is 5.56 Å². The molecule has 1 atom stereocenters. The molecular weight excluding hydrogens is 298 g/mol. The summed E-state index contributed by atoms with van der Waals surface area (Å²) in [6.07, 6.45) is 1.44. The number of H-pyrrole nitrogens is 1. The minimum atomic E-state index is -0.224. The van der Waals surface area contributed by atoms with Gasteiger partial charge in [-0.25, -0.2) is 4.98 Å². The molecule has 0 spiro atoms. The zero-order valence-electron chi connectivity index (χ0n) is 12.2. The van der Waals surface area contributed by atoms with Gasteiger partial charge in [-0.2, -0.15) is 0 Å². The van der Waals surface area contributed by atoms with Crippen molar-refractivity contribution >= 4 is 27.5 Å². The molecule has 5 nitrogen and oxygen atoms in total. The van der Waals surface area contributed by atoms with E-state index in [-0.39, 0.29) is 17.5 Å². The second-order valence-corrected chi connectivity index (χ2v) is 6.12. The lowest BCUT2D eigenvalue weighted by molar-refractivity contribution is 0.0742. The average Bonchev–Trinajstić information content (AvgIpc) is 2.97. The molecule has 1 N–H and O–H groups in total. The summed E-state index contributed by atoms with van der Waals surface area (Å²) in [5.74, 6) is -0.150. The number of rotatable bonds is 3. The third-order valence-electron chi connectivity index (χ3n) is 3.60. The Labute approximate surface area is 131 Å². The van der Waals surface area contributed by atoms with Crippen molar-refractivity contribution < 1.29 is 4.79 Å². The third-order valence-corrected chi connectivity index (χ3v) is 4.81. The van der Waals surface area contributed by atoms with Crippen molar-refractivity contribution in [2.45, 2.75) is 13.0 Å². The first-order valence-electron chi connectivity index (χ1n) is 6.87. The van der Waals surface area contributed by atoms with Crippen LogP contribution in [0.1, 0.15) is 28.3 Å². The van der Waals surface area contributed by atoms with Crippen LogP contribution in [0, 0.1) is 0 Å². The minimum absolute atomic E-state index is 0.142. The standard InChI is InChI=1S/C16H15N3O2S/c1-10(15-18-12-5-3-4-6-13(12)22-15)19(2)16(21)11-7-8-14(20)17-9-11/h3-10H,1-2H3,(H,17,20). The SMILES string of the molecule is CC(c1nc2ccccc2s1)N(C)C(=O)c1ccc(=O)[nH]c1. The first kappa shape index (κ1) is 14.5. The summed E-state index contributed by atoms with van der Waals surface area (Å²) >= 11 is 1.59. The van der Waals surface area contributed by atoms with Crippen molar-refractivity contribution in [1.29, 1.82) is 0 Å². The van der Waals surface area contributed by atoms with Gasteiger partial charge < -0.3 is 9.88 Å². The predicted octanol–water partition coefficient (Wildman–Crippen LogP) is 2.82. The van der Waals surface area contributed by atoms with E-state index >= 15 is 0 Å². The summed E-state index contributed by atoms with van der Waals surface area (Å²) < 4.78 is 1.11. The average molecular weight is 313 g/mol. The molecule has 0 saturated carbocycles. The second-order valence-electron chi connectivity index (χ2n) is 5.05. The van der Waals surface area contributed by atoms with Gasteiger partial charge >= 0.3 is 0 Å². The molecular formula is C16H15N3O2S. The Morgan fingerprint density at radius 1 is 1.27 bits per heavy atom. The van der Waals surface area contributed by atoms with Crippen LogP contribution in [0.2, 0.25) is 0 Å². The van der Waals surface area contributed by atoms with Crippen molar-refractivity contribution in [2.24, 2.45) is 0 Å². The van der Waals surface area contributed by atoms with E-state index in [0.29, 0.717) is 5.56 Å². The van der Waals surface area contributed by atoms with E-state index in [4.69, 9.17) is 0 Å². The highest BCUT2D eigenvalue weighted by molar-refractivity contribution is 7.18. The van der Waals surface area contributed by atoms with Gasteiger partial charge in [0.25, 0.3) is 5.91 Å². The van der Waals surface area contributed by atoms with Gasteiger partial charge in [-0.15, -0.1) is 11.3 Å². The van der Waals surface area contributed by atoms with Crippen molar-refractivity contribution in [2.75, 3.05) is 7.05 Å². The predicted molar refractivity (Wildman–Crippen MR) is 87.2 cm³/mol. The lowest BCUT2D eigenvalue weighted by atomic mass is 10.2. The van der Waals surface area contributed by atoms with E-state index in [1.54, 1.807) is 23.3 Å². The van der Waals surface area contributed by atoms with Crippen molar-refractivity contribution in [3.63, 3.8) is 0 Å². The number of benzene rings is 1. The molecule has 1 amide bonds. The fraction of sp³-hybridized carbons (Fsp3) is 0.188. The number of nitrogens with one attached hydrogen (secondary N) is 1. The molecule has 22 heavy (non-hydrogen) atoms. The number of pyridine rings is 1. The molecule has 0 aliphatic rings. The van der Waals surface area contributed by atoms with Crippen LogP contribution in [0.3, 0.4) is 0 Å². The Bertz CT molecular complexity index is 831. The quantitative estimate of drug-likeness (QED) is 0.808. The molecule has 2 aromatic heterocycles. The van der Waals surface area contributed by atoms with Crippen LogP contribution in [0.15, 0.2) is 47.4 Å². The molecule has 0 radical (unpaired) electrons. The summed E-state index contributed by atoms with van der Waals surface area (Å²) in [5.41, 5.74) is 1.17. The molecule has 0 aliphatic carbocycles. The number of aromatic nitrogens is 2. The minimum Gasteiger partial charge on any atom is -0.332 e. The Kier molecular flexibility index (Phi) is 3.77. The number of amides is 1. The largest absolute Gasteiger partial charge is 0.332 e. The van der Waals surface area contributed by atoms with E-state index in [0.717, 1.165) is 15.2 Å². The van der Waals surface area contributed by atoms with Gasteiger partial charge in [-0.1, -0.05) is 12.1 Å². The number of nitrogens with zero attached hydrogens (tertiary/aromatic N) is 2. The molecule has 0 aliphatic heterocycles. The van der Waals surface area contributed by atoms with Gasteiger partial charge in [0.15, 0.2) is 0 Å². The Hall–Kier alpha value is -2.47. The fourth-order valence-electron chi connectivity index (χ4n) is 2.16. The molecule has 0 saturated heterocycles. The molecule has 2 heterocycles. The van der Waals surface area contributed by atoms with Crippen molar-refractivity contribution in [1.82, 2.24) is 14.9 Å². The number of aromatic amines is 1. The monoisotopic (exact) mass is 313 g/mol. The highest BCUT2D eigenvalue weighted by Crippen LogP contribution is 2.29. The molecule has 0 fully saturated rings. The number of para-hydroxylation sites is 1. The zero-order chi connectivity index (χ0) is 15.7. The van der Waals surface area contributed by atoms with Crippen LogP contribution in [-0.4, -0.2) is 27.8 Å². The first-order valence-corrected chi connectivity index (χ1v) is 7.69. The topological polar surface area (TPSA) is 66.1 Å². The van der Waals surface area contributed by atoms with E-state index in [1.807, 2.05) is 31.2 Å². The van der Waals surface area contributed by atoms with Crippen LogP contribution < -0.4 is 5.56 Å². The molecule has 0 bridgehead atoms. The van der Waals surface area contributed by atoms with E-state index in [1.165, 1.54) is 18.3 Å². The smallest absolute Gasteiger partial charge is 0.255 e. The first-order chi connectivity index (χ1) is 10.6. The van der Waals surface area contributed by atoms with Crippen LogP contribution in [0.25, 0.3) is 10.2 Å². The lowest BCUT2D eigenvalue weighted by Gasteiger charge is -2.23. The summed E-state index contributed by atoms with van der Waals surface area (Å²) in [5, 5.41) is 0.890. The van der Waals surface area contributed by atoms with Gasteiger partial charge in [0.05, 0.1) is 21.8 Å². The molecule has 3 aromatic rings. The van der Waals surface area contributed by atoms with Crippen LogP contribution in [0.5, 0.6) is 0 Å². The number of hydrogen-bond donors (Lipinski definition) is 1. The lowest BCUT2D eigenvalue weighted by Crippen LogP contribution is -2.30. The van der Waals surface area contributed by atoms with Crippen LogP contribution in [0.4, 0.5) is 0 Å². The number of carbonyl (C=O) groups excluding carboxylic acids is 1. The summed E-state index contributed by atoms with van der Waals surface area (Å²) in [7, 11) is 1.74. The Morgan fingerprint density at radius 3 is 2.73 bits per heavy atom. The molecule has 3 rings (SSSR count). The van der Waals surface area contributed by atoms with E-state index in [9.17, 15) is 9.59 Å². The van der Waals surface area contributed by atoms with Gasteiger partial charge in [0.1, 0.15) is 5.01 Å². The van der Waals surface area contributed by atoms with Crippen LogP contribution in [-0.2, 0) is 0 Å². The summed E-state index contributed by atoms with van der Waals surface area (Å²) in [6.45, 7) is 1.95. The Morgan fingerprint density at radius 2 is 2.05 bits per heavy atom. The molecule has 112 valence electrons. The maximum Gasteiger partial charge on any atom is 0.255 e. The van der Waals surface area contributed by atoms with Crippen molar-refractivity contribution in [3.05, 3.63) is 63.5 Å². The van der Waals surface area contributed by atoms with Gasteiger partial charge in [-0.3, -0.25) is 9.59 Å². The third kappa shape index (κ3) is 2.65. The maximum atomic E-state index is 12.5. The maximum absolute atomic E-state index is 12.5. The molecule has 6 heteroatoms. The number of fused-ring (bicyclic) bond motifs is 1. The van der Waals surface area contributed by atoms with E-state index < -0.39 is 0 Å².